The number of aliphatic carboxylic acids is 2. The fraction of sp³-hybridized carbons (Fsp3) is 0.800. The highest BCUT2D eigenvalue weighted by molar-refractivity contribution is 5.87. The number of rotatable bonds is 31. The first-order chi connectivity index (χ1) is 22.1. The Balaban J connectivity index is 4.36. The van der Waals surface area contributed by atoms with Crippen LogP contribution in [0.3, 0.4) is 0 Å². The molecule has 0 fully saturated rings. The SMILES string of the molecule is COCCOCCOC(=O)CCCCCOC(=O)CC(C(=O)O)C(CC(=O)O)C(=O)OCCCCCC(=O)OCCOCCOC. The topological polar surface area (TPSA) is 217 Å². The molecule has 0 saturated carbocycles. The molecule has 0 rings (SSSR count). The fourth-order valence-electron chi connectivity index (χ4n) is 3.84. The van der Waals surface area contributed by atoms with Crippen LogP contribution in [0.15, 0.2) is 0 Å². The summed E-state index contributed by atoms with van der Waals surface area (Å²) in [6.07, 6.45) is 1.47. The molecule has 16 heteroatoms. The second-order valence-electron chi connectivity index (χ2n) is 10.0. The van der Waals surface area contributed by atoms with Crippen LogP contribution in [0.25, 0.3) is 0 Å². The number of ether oxygens (including phenoxy) is 8. The van der Waals surface area contributed by atoms with Crippen LogP contribution in [0.4, 0.5) is 0 Å². The van der Waals surface area contributed by atoms with E-state index in [4.69, 9.17) is 37.9 Å². The molecule has 0 heterocycles. The van der Waals surface area contributed by atoms with Gasteiger partial charge in [0.2, 0.25) is 0 Å². The van der Waals surface area contributed by atoms with E-state index in [1.165, 1.54) is 0 Å². The zero-order valence-electron chi connectivity index (χ0n) is 26.9. The van der Waals surface area contributed by atoms with Gasteiger partial charge in [0, 0.05) is 27.1 Å². The summed E-state index contributed by atoms with van der Waals surface area (Å²) in [5, 5.41) is 18.9. The summed E-state index contributed by atoms with van der Waals surface area (Å²) in [6, 6.07) is 0. The highest BCUT2D eigenvalue weighted by Crippen LogP contribution is 2.23. The first-order valence-corrected chi connectivity index (χ1v) is 15.3. The molecule has 0 aliphatic rings. The molecule has 266 valence electrons. The standard InChI is InChI=1S/C30H50O16/c1-39-13-15-41-17-19-44-26(33)9-5-3-7-11-43-28(35)22-23(29(36)37)24(21-25(31)32)30(38)46-12-8-4-6-10-27(34)45-20-18-42-16-14-40-2/h23-24H,3-22H2,1-2H3,(H,31,32)(H,36,37). The Kier molecular flexibility index (Phi) is 27.0. The van der Waals surface area contributed by atoms with Gasteiger partial charge in [-0.3, -0.25) is 28.8 Å². The smallest absolute Gasteiger partial charge is 0.310 e. The Hall–Kier alpha value is -3.34. The van der Waals surface area contributed by atoms with Gasteiger partial charge in [0.1, 0.15) is 13.2 Å². The van der Waals surface area contributed by atoms with Crippen molar-refractivity contribution >= 4 is 35.8 Å². The predicted molar refractivity (Wildman–Crippen MR) is 158 cm³/mol. The zero-order chi connectivity index (χ0) is 34.4. The highest BCUT2D eigenvalue weighted by Gasteiger charge is 2.38. The van der Waals surface area contributed by atoms with Crippen LogP contribution in [0.5, 0.6) is 0 Å². The molecule has 2 unspecified atom stereocenters. The number of hydrogen-bond acceptors (Lipinski definition) is 14. The maximum atomic E-state index is 12.6. The van der Waals surface area contributed by atoms with Gasteiger partial charge in [-0.15, -0.1) is 0 Å². The molecule has 0 amide bonds. The van der Waals surface area contributed by atoms with E-state index in [2.05, 4.69) is 0 Å². The highest BCUT2D eigenvalue weighted by atomic mass is 16.6. The predicted octanol–water partition coefficient (Wildman–Crippen LogP) is 1.79. The average Bonchev–Trinajstić information content (AvgIpc) is 3.01. The lowest BCUT2D eigenvalue weighted by molar-refractivity contribution is -0.164. The molecule has 2 N–H and O–H groups in total. The van der Waals surface area contributed by atoms with E-state index in [9.17, 15) is 39.0 Å². The van der Waals surface area contributed by atoms with Gasteiger partial charge in [-0.25, -0.2) is 0 Å². The summed E-state index contributed by atoms with van der Waals surface area (Å²) in [4.78, 5) is 71.6. The number of esters is 4. The summed E-state index contributed by atoms with van der Waals surface area (Å²) in [6.45, 7) is 2.29. The summed E-state index contributed by atoms with van der Waals surface area (Å²) < 4.78 is 40.3. The van der Waals surface area contributed by atoms with Gasteiger partial charge in [0.05, 0.1) is 77.5 Å². The third kappa shape index (κ3) is 24.9. The van der Waals surface area contributed by atoms with Gasteiger partial charge >= 0.3 is 35.8 Å². The Morgan fingerprint density at radius 2 is 0.935 bits per heavy atom. The lowest BCUT2D eigenvalue weighted by atomic mass is 9.87. The Morgan fingerprint density at radius 3 is 1.39 bits per heavy atom. The Bertz CT molecular complexity index is 877. The van der Waals surface area contributed by atoms with Crippen molar-refractivity contribution in [1.82, 2.24) is 0 Å². The molecule has 46 heavy (non-hydrogen) atoms. The van der Waals surface area contributed by atoms with Gasteiger partial charge in [-0.05, 0) is 38.5 Å². The molecule has 0 aliphatic heterocycles. The second-order valence-corrected chi connectivity index (χ2v) is 10.0. The van der Waals surface area contributed by atoms with Gasteiger partial charge in [-0.1, -0.05) is 0 Å². The summed E-state index contributed by atoms with van der Waals surface area (Å²) >= 11 is 0. The van der Waals surface area contributed by atoms with E-state index in [1.54, 1.807) is 14.2 Å². The van der Waals surface area contributed by atoms with Gasteiger partial charge in [0.15, 0.2) is 0 Å². The van der Waals surface area contributed by atoms with E-state index in [0.717, 1.165) is 0 Å². The second kappa shape index (κ2) is 29.1. The molecule has 0 spiro atoms. The largest absolute Gasteiger partial charge is 0.481 e. The molecular weight excluding hydrogens is 616 g/mol. The third-order valence-electron chi connectivity index (χ3n) is 6.29. The minimum atomic E-state index is -1.67. The zero-order valence-corrected chi connectivity index (χ0v) is 26.9. The number of carbonyl (C=O) groups is 6. The molecule has 2 atom stereocenters. The molecule has 0 aromatic rings. The monoisotopic (exact) mass is 666 g/mol. The number of unbranched alkanes of at least 4 members (excludes halogenated alkanes) is 4. The van der Waals surface area contributed by atoms with Gasteiger partial charge < -0.3 is 48.1 Å². The van der Waals surface area contributed by atoms with E-state index < -0.39 is 54.5 Å². The summed E-state index contributed by atoms with van der Waals surface area (Å²) in [5.41, 5.74) is 0. The van der Waals surface area contributed by atoms with Crippen LogP contribution in [-0.4, -0.2) is 126 Å². The molecule has 0 radical (unpaired) electrons. The third-order valence-corrected chi connectivity index (χ3v) is 6.29. The molecule has 0 aromatic carbocycles. The molecule has 0 saturated heterocycles. The van der Waals surface area contributed by atoms with E-state index in [0.29, 0.717) is 65.0 Å². The van der Waals surface area contributed by atoms with Crippen LogP contribution in [0.1, 0.15) is 64.2 Å². The van der Waals surface area contributed by atoms with Crippen LogP contribution < -0.4 is 0 Å². The lowest BCUT2D eigenvalue weighted by Gasteiger charge is -2.20. The number of carboxylic acids is 2. The number of methoxy groups -OCH3 is 2. The van der Waals surface area contributed by atoms with Crippen LogP contribution in [0, 0.1) is 11.8 Å². The molecule has 16 nitrogen and oxygen atoms in total. The lowest BCUT2D eigenvalue weighted by Crippen LogP contribution is -2.35. The first kappa shape index (κ1) is 42.7. The van der Waals surface area contributed by atoms with Crippen molar-refractivity contribution in [3.63, 3.8) is 0 Å². The molecule has 0 aromatic heterocycles. The molecule has 0 aliphatic carbocycles. The number of hydrogen-bond donors (Lipinski definition) is 2. The molecule has 0 bridgehead atoms. The maximum Gasteiger partial charge on any atom is 0.310 e. The van der Waals surface area contributed by atoms with E-state index in [1.807, 2.05) is 0 Å². The van der Waals surface area contributed by atoms with Crippen molar-refractivity contribution in [2.75, 3.05) is 80.3 Å². The fourth-order valence-corrected chi connectivity index (χ4v) is 3.84. The Morgan fingerprint density at radius 1 is 0.478 bits per heavy atom. The number of carbonyl (C=O) groups excluding carboxylic acids is 4. The van der Waals surface area contributed by atoms with Crippen molar-refractivity contribution < 1.29 is 76.9 Å². The maximum absolute atomic E-state index is 12.6. The van der Waals surface area contributed by atoms with Crippen LogP contribution in [0.2, 0.25) is 0 Å². The van der Waals surface area contributed by atoms with Crippen molar-refractivity contribution in [1.29, 1.82) is 0 Å². The van der Waals surface area contributed by atoms with Crippen molar-refractivity contribution in [3.05, 3.63) is 0 Å². The minimum absolute atomic E-state index is 0.0443. The minimum Gasteiger partial charge on any atom is -0.481 e. The summed E-state index contributed by atoms with van der Waals surface area (Å²) in [7, 11) is 3.10. The average molecular weight is 667 g/mol. The van der Waals surface area contributed by atoms with Crippen LogP contribution >= 0.6 is 0 Å². The number of carboxylic acid groups (broad SMARTS) is 2. The summed E-state index contributed by atoms with van der Waals surface area (Å²) in [5.74, 6) is -8.99. The van der Waals surface area contributed by atoms with E-state index in [-0.39, 0.29) is 58.5 Å². The van der Waals surface area contributed by atoms with Crippen molar-refractivity contribution in [2.24, 2.45) is 11.8 Å². The molecular formula is C30H50O16. The van der Waals surface area contributed by atoms with Crippen molar-refractivity contribution in [3.8, 4) is 0 Å². The van der Waals surface area contributed by atoms with Crippen LogP contribution in [-0.2, 0) is 66.7 Å². The quantitative estimate of drug-likeness (QED) is 0.0612. The van der Waals surface area contributed by atoms with Crippen molar-refractivity contribution in [2.45, 2.75) is 64.2 Å². The Labute approximate surface area is 269 Å². The first-order valence-electron chi connectivity index (χ1n) is 15.3. The van der Waals surface area contributed by atoms with Gasteiger partial charge in [0.25, 0.3) is 0 Å². The van der Waals surface area contributed by atoms with E-state index >= 15 is 0 Å². The normalized spacial score (nSPS) is 12.1. The van der Waals surface area contributed by atoms with Gasteiger partial charge in [-0.2, -0.15) is 0 Å².